The second-order valence-electron chi connectivity index (χ2n) is 3.43. The molecule has 82 valence electrons. The normalized spacial score (nSPS) is 14.5. The minimum Gasteiger partial charge on any atom is -0.480 e. The van der Waals surface area contributed by atoms with Crippen molar-refractivity contribution in [2.75, 3.05) is 7.05 Å². The summed E-state index contributed by atoms with van der Waals surface area (Å²) in [6.07, 6.45) is 0.385. The number of benzene rings is 1. The van der Waals surface area contributed by atoms with Crippen LogP contribution in [0, 0.1) is 0 Å². The highest BCUT2D eigenvalue weighted by Gasteiger charge is 2.18. The lowest BCUT2D eigenvalue weighted by atomic mass is 10.00. The van der Waals surface area contributed by atoms with Crippen molar-refractivity contribution in [2.45, 2.75) is 18.5 Å². The summed E-state index contributed by atoms with van der Waals surface area (Å²) in [6, 6.07) is 8.83. The summed E-state index contributed by atoms with van der Waals surface area (Å²) in [4.78, 5) is 10.6. The summed E-state index contributed by atoms with van der Waals surface area (Å²) in [5.41, 5.74) is 6.54. The lowest BCUT2D eigenvalue weighted by molar-refractivity contribution is -0.138. The monoisotopic (exact) mass is 208 g/mol. The quantitative estimate of drug-likeness (QED) is 0.667. The fourth-order valence-electron chi connectivity index (χ4n) is 1.46. The molecule has 0 saturated carbocycles. The number of nitrogens with two attached hydrogens (primary N) is 1. The zero-order valence-electron chi connectivity index (χ0n) is 8.68. The molecule has 4 N–H and O–H groups in total. The van der Waals surface area contributed by atoms with Crippen LogP contribution in [0.5, 0.6) is 0 Å². The predicted octanol–water partition coefficient (Wildman–Crippen LogP) is 0.749. The third-order valence-corrected chi connectivity index (χ3v) is 2.36. The van der Waals surface area contributed by atoms with Crippen molar-refractivity contribution in [3.63, 3.8) is 0 Å². The molecule has 0 aromatic heterocycles. The van der Waals surface area contributed by atoms with E-state index in [9.17, 15) is 4.79 Å². The van der Waals surface area contributed by atoms with Crippen LogP contribution in [0.2, 0.25) is 0 Å². The Morgan fingerprint density at radius 3 is 2.53 bits per heavy atom. The van der Waals surface area contributed by atoms with Gasteiger partial charge < -0.3 is 16.2 Å². The van der Waals surface area contributed by atoms with Crippen molar-refractivity contribution >= 4 is 5.97 Å². The summed E-state index contributed by atoms with van der Waals surface area (Å²) in [5, 5.41) is 11.8. The van der Waals surface area contributed by atoms with Gasteiger partial charge in [0.2, 0.25) is 0 Å². The van der Waals surface area contributed by atoms with Crippen molar-refractivity contribution in [1.82, 2.24) is 5.32 Å². The molecule has 0 spiro atoms. The van der Waals surface area contributed by atoms with Crippen LogP contribution < -0.4 is 11.1 Å². The number of hydrogen-bond donors (Lipinski definition) is 3. The number of rotatable bonds is 5. The topological polar surface area (TPSA) is 75.3 Å². The maximum absolute atomic E-state index is 10.6. The van der Waals surface area contributed by atoms with E-state index in [2.05, 4.69) is 5.32 Å². The smallest absolute Gasteiger partial charge is 0.320 e. The molecule has 0 saturated heterocycles. The van der Waals surface area contributed by atoms with E-state index in [4.69, 9.17) is 10.8 Å². The number of carboxylic acids is 1. The molecule has 0 heterocycles. The van der Waals surface area contributed by atoms with Gasteiger partial charge in [-0.05, 0) is 19.0 Å². The molecule has 0 bridgehead atoms. The number of nitrogens with one attached hydrogen (secondary N) is 1. The molecule has 4 nitrogen and oxygen atoms in total. The van der Waals surface area contributed by atoms with E-state index in [-0.39, 0.29) is 6.04 Å². The van der Waals surface area contributed by atoms with Crippen LogP contribution in [-0.4, -0.2) is 24.2 Å². The van der Waals surface area contributed by atoms with Crippen molar-refractivity contribution in [3.05, 3.63) is 35.9 Å². The van der Waals surface area contributed by atoms with E-state index >= 15 is 0 Å². The molecule has 0 radical (unpaired) electrons. The highest BCUT2D eigenvalue weighted by Crippen LogP contribution is 2.16. The molecule has 0 aliphatic heterocycles. The zero-order valence-corrected chi connectivity index (χ0v) is 8.68. The Balaban J connectivity index is 2.69. The van der Waals surface area contributed by atoms with Gasteiger partial charge in [0, 0.05) is 6.04 Å². The van der Waals surface area contributed by atoms with Gasteiger partial charge in [0.1, 0.15) is 6.04 Å². The fraction of sp³-hybridized carbons (Fsp3) is 0.364. The minimum absolute atomic E-state index is 0.0164. The Hall–Kier alpha value is -1.39. The molecule has 0 aliphatic rings. The molecule has 2 atom stereocenters. The summed E-state index contributed by atoms with van der Waals surface area (Å²) in [7, 11) is 1.80. The second kappa shape index (κ2) is 5.48. The van der Waals surface area contributed by atoms with Crippen LogP contribution in [0.15, 0.2) is 30.3 Å². The van der Waals surface area contributed by atoms with Gasteiger partial charge in [0.15, 0.2) is 0 Å². The SMILES string of the molecule is CNC(CC(N)C(=O)O)c1ccccc1. The van der Waals surface area contributed by atoms with Crippen LogP contribution in [0.1, 0.15) is 18.0 Å². The van der Waals surface area contributed by atoms with Gasteiger partial charge in [-0.1, -0.05) is 30.3 Å². The second-order valence-corrected chi connectivity index (χ2v) is 3.43. The van der Waals surface area contributed by atoms with E-state index in [1.165, 1.54) is 0 Å². The Bertz CT molecular complexity index is 314. The first kappa shape index (κ1) is 11.7. The summed E-state index contributed by atoms with van der Waals surface area (Å²) in [5.74, 6) is -0.966. The molecule has 1 rings (SSSR count). The first-order valence-corrected chi connectivity index (χ1v) is 4.85. The van der Waals surface area contributed by atoms with Gasteiger partial charge in [-0.3, -0.25) is 4.79 Å². The van der Waals surface area contributed by atoms with E-state index in [1.54, 1.807) is 7.05 Å². The number of carboxylic acid groups (broad SMARTS) is 1. The zero-order chi connectivity index (χ0) is 11.3. The van der Waals surface area contributed by atoms with Gasteiger partial charge in [-0.15, -0.1) is 0 Å². The molecule has 2 unspecified atom stereocenters. The highest BCUT2D eigenvalue weighted by molar-refractivity contribution is 5.73. The van der Waals surface area contributed by atoms with Crippen LogP contribution in [-0.2, 0) is 4.79 Å². The van der Waals surface area contributed by atoms with Crippen LogP contribution in [0.4, 0.5) is 0 Å². The van der Waals surface area contributed by atoms with Gasteiger partial charge in [-0.2, -0.15) is 0 Å². The number of aliphatic carboxylic acids is 1. The highest BCUT2D eigenvalue weighted by atomic mass is 16.4. The maximum atomic E-state index is 10.6. The van der Waals surface area contributed by atoms with Crippen LogP contribution >= 0.6 is 0 Å². The van der Waals surface area contributed by atoms with Gasteiger partial charge >= 0.3 is 5.97 Å². The van der Waals surface area contributed by atoms with E-state index in [1.807, 2.05) is 30.3 Å². The Morgan fingerprint density at radius 1 is 1.47 bits per heavy atom. The molecular weight excluding hydrogens is 192 g/mol. The molecule has 4 heteroatoms. The summed E-state index contributed by atoms with van der Waals surface area (Å²) in [6.45, 7) is 0. The Kier molecular flexibility index (Phi) is 4.27. The lowest BCUT2D eigenvalue weighted by Gasteiger charge is -2.18. The average Bonchev–Trinajstić information content (AvgIpc) is 2.26. The van der Waals surface area contributed by atoms with Gasteiger partial charge in [-0.25, -0.2) is 0 Å². The molecule has 15 heavy (non-hydrogen) atoms. The van der Waals surface area contributed by atoms with Gasteiger partial charge in [0.05, 0.1) is 0 Å². The molecule has 1 aromatic carbocycles. The Labute approximate surface area is 89.1 Å². The average molecular weight is 208 g/mol. The van der Waals surface area contributed by atoms with E-state index in [0.717, 1.165) is 5.56 Å². The largest absolute Gasteiger partial charge is 0.480 e. The molecule has 0 amide bonds. The minimum atomic E-state index is -0.966. The first-order valence-electron chi connectivity index (χ1n) is 4.85. The standard InChI is InChI=1S/C11H16N2O2/c1-13-10(7-9(12)11(14)15)8-5-3-2-4-6-8/h2-6,9-10,13H,7,12H2,1H3,(H,14,15). The van der Waals surface area contributed by atoms with E-state index in [0.29, 0.717) is 6.42 Å². The van der Waals surface area contributed by atoms with Gasteiger partial charge in [0.25, 0.3) is 0 Å². The van der Waals surface area contributed by atoms with Crippen LogP contribution in [0.3, 0.4) is 0 Å². The van der Waals surface area contributed by atoms with E-state index < -0.39 is 12.0 Å². The van der Waals surface area contributed by atoms with Crippen molar-refractivity contribution in [3.8, 4) is 0 Å². The fourth-order valence-corrected chi connectivity index (χ4v) is 1.46. The van der Waals surface area contributed by atoms with Crippen LogP contribution in [0.25, 0.3) is 0 Å². The predicted molar refractivity (Wildman–Crippen MR) is 58.5 cm³/mol. The number of carbonyl (C=O) groups is 1. The van der Waals surface area contributed by atoms with Crippen molar-refractivity contribution in [2.24, 2.45) is 5.73 Å². The Morgan fingerprint density at radius 2 is 2.07 bits per heavy atom. The summed E-state index contributed by atoms with van der Waals surface area (Å²) < 4.78 is 0. The third-order valence-electron chi connectivity index (χ3n) is 2.36. The van der Waals surface area contributed by atoms with Crippen molar-refractivity contribution < 1.29 is 9.90 Å². The lowest BCUT2D eigenvalue weighted by Crippen LogP contribution is -2.34. The maximum Gasteiger partial charge on any atom is 0.320 e. The molecule has 1 aromatic rings. The summed E-state index contributed by atoms with van der Waals surface area (Å²) >= 11 is 0. The number of hydrogen-bond acceptors (Lipinski definition) is 3. The third kappa shape index (κ3) is 3.34. The first-order chi connectivity index (χ1) is 7.15. The molecular formula is C11H16N2O2. The van der Waals surface area contributed by atoms with Crippen molar-refractivity contribution in [1.29, 1.82) is 0 Å². The molecule has 0 fully saturated rings. The molecule has 0 aliphatic carbocycles.